The van der Waals surface area contributed by atoms with Gasteiger partial charge in [-0.25, -0.2) is 13.1 Å². The molecule has 0 atom stereocenters. The van der Waals surface area contributed by atoms with E-state index in [2.05, 4.69) is 10.8 Å². The lowest BCUT2D eigenvalue weighted by atomic mass is 10.4. The molecule has 0 aliphatic carbocycles. The van der Waals surface area contributed by atoms with Crippen LogP contribution in [0, 0.1) is 6.07 Å². The van der Waals surface area contributed by atoms with Gasteiger partial charge in [0.2, 0.25) is 10.0 Å². The van der Waals surface area contributed by atoms with Crippen molar-refractivity contribution in [2.45, 2.75) is 4.90 Å². The van der Waals surface area contributed by atoms with Crippen molar-refractivity contribution in [3.05, 3.63) is 30.3 Å². The van der Waals surface area contributed by atoms with Crippen LogP contribution >= 0.6 is 0 Å². The van der Waals surface area contributed by atoms with Gasteiger partial charge in [0.05, 0.1) is 4.90 Å². The summed E-state index contributed by atoms with van der Waals surface area (Å²) in [4.78, 5) is 0.238. The molecule has 0 aromatic heterocycles. The average Bonchev–Trinajstić information content (AvgIpc) is 2.06. The third kappa shape index (κ3) is 1.78. The monoisotopic (exact) mass is 170 g/mol. The first-order valence-electron chi connectivity index (χ1n) is 3.06. The smallest absolute Gasteiger partial charge is 0.214 e. The molecule has 1 aromatic rings. The highest BCUT2D eigenvalue weighted by molar-refractivity contribution is 7.89. The van der Waals surface area contributed by atoms with Crippen molar-refractivity contribution in [3.8, 4) is 0 Å². The summed E-state index contributed by atoms with van der Waals surface area (Å²) < 4.78 is 24.3. The van der Waals surface area contributed by atoms with E-state index in [0.29, 0.717) is 0 Å². The van der Waals surface area contributed by atoms with E-state index in [-0.39, 0.29) is 4.90 Å². The van der Waals surface area contributed by atoms with Gasteiger partial charge < -0.3 is 0 Å². The largest absolute Gasteiger partial charge is 0.240 e. The van der Waals surface area contributed by atoms with E-state index in [1.54, 1.807) is 12.1 Å². The van der Waals surface area contributed by atoms with Gasteiger partial charge in [-0.2, -0.15) is 0 Å². The molecule has 59 valence electrons. The Labute approximate surface area is 66.1 Å². The van der Waals surface area contributed by atoms with Gasteiger partial charge in [-0.05, 0) is 25.2 Å². The van der Waals surface area contributed by atoms with Crippen molar-refractivity contribution in [3.63, 3.8) is 0 Å². The Morgan fingerprint density at radius 1 is 1.55 bits per heavy atom. The lowest BCUT2D eigenvalue weighted by Crippen LogP contribution is -2.18. The number of hydrogen-bond acceptors (Lipinski definition) is 2. The van der Waals surface area contributed by atoms with Crippen molar-refractivity contribution in [2.24, 2.45) is 0 Å². The highest BCUT2D eigenvalue weighted by Crippen LogP contribution is 2.04. The maximum Gasteiger partial charge on any atom is 0.240 e. The molecule has 0 unspecified atom stereocenters. The van der Waals surface area contributed by atoms with Gasteiger partial charge in [0.25, 0.3) is 0 Å². The molecule has 3 nitrogen and oxygen atoms in total. The zero-order chi connectivity index (χ0) is 8.32. The van der Waals surface area contributed by atoms with Crippen molar-refractivity contribution < 1.29 is 8.42 Å². The fraction of sp³-hybridized carbons (Fsp3) is 0.143. The molecule has 0 fully saturated rings. The van der Waals surface area contributed by atoms with Crippen LogP contribution in [0.3, 0.4) is 0 Å². The van der Waals surface area contributed by atoms with E-state index < -0.39 is 10.0 Å². The van der Waals surface area contributed by atoms with Gasteiger partial charge in [0.15, 0.2) is 0 Å². The van der Waals surface area contributed by atoms with Crippen LogP contribution in [0.25, 0.3) is 0 Å². The third-order valence-corrected chi connectivity index (χ3v) is 2.67. The Morgan fingerprint density at radius 3 is 2.73 bits per heavy atom. The summed E-state index contributed by atoms with van der Waals surface area (Å²) in [6.45, 7) is 0. The molecule has 1 rings (SSSR count). The normalized spacial score (nSPS) is 11.4. The first-order valence-corrected chi connectivity index (χ1v) is 4.55. The Kier molecular flexibility index (Phi) is 2.26. The first-order chi connectivity index (χ1) is 5.17. The summed E-state index contributed by atoms with van der Waals surface area (Å²) >= 11 is 0. The van der Waals surface area contributed by atoms with Crippen molar-refractivity contribution >= 4 is 10.0 Å². The van der Waals surface area contributed by atoms with Gasteiger partial charge in [0.1, 0.15) is 0 Å². The molecule has 1 aromatic carbocycles. The summed E-state index contributed by atoms with van der Waals surface area (Å²) in [5.41, 5.74) is 0. The molecule has 11 heavy (non-hydrogen) atoms. The standard InChI is InChI=1S/C7H8NO2S/c1-8-11(9,10)7-5-3-2-4-6-7/h2-3,5-6,8H,1H3. The molecule has 0 spiro atoms. The van der Waals surface area contributed by atoms with E-state index in [1.807, 2.05) is 0 Å². The molecular weight excluding hydrogens is 162 g/mol. The molecule has 0 aliphatic rings. The predicted molar refractivity (Wildman–Crippen MR) is 41.5 cm³/mol. The van der Waals surface area contributed by atoms with E-state index in [9.17, 15) is 8.42 Å². The van der Waals surface area contributed by atoms with Crippen molar-refractivity contribution in [2.75, 3.05) is 7.05 Å². The van der Waals surface area contributed by atoms with Gasteiger partial charge in [0, 0.05) is 0 Å². The van der Waals surface area contributed by atoms with E-state index >= 15 is 0 Å². The fourth-order valence-corrected chi connectivity index (χ4v) is 1.38. The minimum Gasteiger partial charge on any atom is -0.214 e. The van der Waals surface area contributed by atoms with Crippen LogP contribution < -0.4 is 4.72 Å². The zero-order valence-corrected chi connectivity index (χ0v) is 6.85. The van der Waals surface area contributed by atoms with Crippen LogP contribution in [0.1, 0.15) is 0 Å². The molecule has 0 heterocycles. The molecule has 0 amide bonds. The topological polar surface area (TPSA) is 46.2 Å². The summed E-state index contributed by atoms with van der Waals surface area (Å²) in [6.07, 6.45) is 0. The van der Waals surface area contributed by atoms with Crippen LogP contribution in [-0.2, 0) is 10.0 Å². The Hall–Kier alpha value is -0.870. The second-order valence-electron chi connectivity index (χ2n) is 1.95. The van der Waals surface area contributed by atoms with Crippen LogP contribution in [0.2, 0.25) is 0 Å². The zero-order valence-electron chi connectivity index (χ0n) is 6.03. The van der Waals surface area contributed by atoms with E-state index in [4.69, 9.17) is 0 Å². The number of rotatable bonds is 2. The lowest BCUT2D eigenvalue weighted by molar-refractivity contribution is 0.588. The highest BCUT2D eigenvalue weighted by Gasteiger charge is 2.08. The summed E-state index contributed by atoms with van der Waals surface area (Å²) in [7, 11) is -1.90. The maximum absolute atomic E-state index is 11.1. The Balaban J connectivity index is 3.14. The van der Waals surface area contributed by atoms with Crippen LogP contribution in [-0.4, -0.2) is 15.5 Å². The first kappa shape index (κ1) is 8.23. The number of benzene rings is 1. The van der Waals surface area contributed by atoms with Gasteiger partial charge >= 0.3 is 0 Å². The van der Waals surface area contributed by atoms with Crippen LogP contribution in [0.4, 0.5) is 0 Å². The summed E-state index contributed by atoms with van der Waals surface area (Å²) in [5, 5.41) is 0. The molecular formula is C7H8NO2S. The lowest BCUT2D eigenvalue weighted by Gasteiger charge is -1.99. The second kappa shape index (κ2) is 3.02. The van der Waals surface area contributed by atoms with Gasteiger partial charge in [-0.3, -0.25) is 0 Å². The third-order valence-electron chi connectivity index (χ3n) is 1.26. The van der Waals surface area contributed by atoms with E-state index in [0.717, 1.165) is 0 Å². The van der Waals surface area contributed by atoms with Crippen molar-refractivity contribution in [1.82, 2.24) is 4.72 Å². The summed E-state index contributed by atoms with van der Waals surface area (Å²) in [6, 6.07) is 8.90. The molecule has 0 aliphatic heterocycles. The van der Waals surface area contributed by atoms with Crippen molar-refractivity contribution in [1.29, 1.82) is 0 Å². The molecule has 0 saturated heterocycles. The van der Waals surface area contributed by atoms with Crippen LogP contribution in [0.15, 0.2) is 29.2 Å². The maximum atomic E-state index is 11.1. The van der Waals surface area contributed by atoms with Gasteiger partial charge in [-0.1, -0.05) is 12.1 Å². The molecule has 0 saturated carbocycles. The Morgan fingerprint density at radius 2 is 2.27 bits per heavy atom. The predicted octanol–water partition coefficient (Wildman–Crippen LogP) is 0.395. The molecule has 4 heteroatoms. The quantitative estimate of drug-likeness (QED) is 0.698. The second-order valence-corrected chi connectivity index (χ2v) is 3.83. The number of nitrogens with one attached hydrogen (secondary N) is 1. The average molecular weight is 170 g/mol. The SMILES string of the molecule is CNS(=O)(=O)c1c[c]ccc1. The van der Waals surface area contributed by atoms with Crippen LogP contribution in [0.5, 0.6) is 0 Å². The number of hydrogen-bond donors (Lipinski definition) is 1. The minimum absolute atomic E-state index is 0.238. The summed E-state index contributed by atoms with van der Waals surface area (Å²) in [5.74, 6) is 0. The minimum atomic E-state index is -3.28. The molecule has 1 N–H and O–H groups in total. The highest BCUT2D eigenvalue weighted by atomic mass is 32.2. The van der Waals surface area contributed by atoms with Gasteiger partial charge in [-0.15, -0.1) is 0 Å². The molecule has 0 bridgehead atoms. The Bertz CT molecular complexity index is 318. The number of sulfonamides is 1. The molecule has 1 radical (unpaired) electrons. The fourth-order valence-electron chi connectivity index (χ4n) is 0.662. The van der Waals surface area contributed by atoms with E-state index in [1.165, 1.54) is 19.2 Å².